The largest absolute Gasteiger partial charge is 0.483 e. The maximum atomic E-state index is 13.8. The molecule has 0 aliphatic carbocycles. The highest BCUT2D eigenvalue weighted by molar-refractivity contribution is 7.98. The highest BCUT2D eigenvalue weighted by Crippen LogP contribution is 2.24. The summed E-state index contributed by atoms with van der Waals surface area (Å²) in [5, 5.41) is 13.1. The van der Waals surface area contributed by atoms with Gasteiger partial charge in [0.05, 0.1) is 5.75 Å². The average Bonchev–Trinajstić information content (AvgIpc) is 3.40. The lowest BCUT2D eigenvalue weighted by atomic mass is 10.1. The minimum Gasteiger partial charge on any atom is -0.483 e. The normalized spacial score (nSPS) is 10.9. The van der Waals surface area contributed by atoms with E-state index in [-0.39, 0.29) is 12.4 Å². The summed E-state index contributed by atoms with van der Waals surface area (Å²) in [6.45, 7) is 6.38. The van der Waals surface area contributed by atoms with Crippen LogP contribution in [0.5, 0.6) is 5.75 Å². The van der Waals surface area contributed by atoms with Crippen LogP contribution in [0.3, 0.4) is 0 Å². The van der Waals surface area contributed by atoms with Crippen molar-refractivity contribution < 1.29 is 13.7 Å². The van der Waals surface area contributed by atoms with Gasteiger partial charge in [-0.2, -0.15) is 4.98 Å². The molecule has 0 saturated carbocycles. The Morgan fingerprint density at radius 3 is 2.74 bits per heavy atom. The Bertz CT molecular complexity index is 1170. The first-order valence-electron chi connectivity index (χ1n) is 9.57. The average molecular weight is 438 g/mol. The molecule has 2 aromatic carbocycles. The predicted molar refractivity (Wildman–Crippen MR) is 115 cm³/mol. The molecule has 0 bridgehead atoms. The summed E-state index contributed by atoms with van der Waals surface area (Å²) in [6, 6.07) is 14.2. The second-order valence-corrected chi connectivity index (χ2v) is 7.63. The van der Waals surface area contributed by atoms with Crippen LogP contribution in [-0.4, -0.2) is 24.9 Å². The van der Waals surface area contributed by atoms with E-state index < -0.39 is 5.82 Å². The lowest BCUT2D eigenvalue weighted by molar-refractivity contribution is 0.275. The lowest BCUT2D eigenvalue weighted by Crippen LogP contribution is -2.08. The third-order valence-electron chi connectivity index (χ3n) is 4.40. The van der Waals surface area contributed by atoms with Crippen LogP contribution < -0.4 is 4.74 Å². The Morgan fingerprint density at radius 2 is 1.97 bits per heavy atom. The zero-order valence-corrected chi connectivity index (χ0v) is 17.7. The first kappa shape index (κ1) is 20.8. The van der Waals surface area contributed by atoms with Gasteiger partial charge < -0.3 is 9.26 Å². The van der Waals surface area contributed by atoms with Crippen molar-refractivity contribution in [2.24, 2.45) is 0 Å². The molecule has 9 heteroatoms. The van der Waals surface area contributed by atoms with Crippen LogP contribution in [0, 0.1) is 12.7 Å². The van der Waals surface area contributed by atoms with Crippen LogP contribution in [0.4, 0.5) is 4.39 Å². The van der Waals surface area contributed by atoms with Crippen LogP contribution in [-0.2, 0) is 18.9 Å². The second-order valence-electron chi connectivity index (χ2n) is 6.68. The zero-order valence-electron chi connectivity index (χ0n) is 16.9. The molecule has 0 radical (unpaired) electrons. The fourth-order valence-electron chi connectivity index (χ4n) is 2.81. The number of allylic oxidation sites excluding steroid dienone is 1. The van der Waals surface area contributed by atoms with Gasteiger partial charge >= 0.3 is 0 Å². The molecule has 0 aliphatic rings. The number of halogens is 1. The molecule has 0 N–H and O–H groups in total. The lowest BCUT2D eigenvalue weighted by Gasteiger charge is -2.09. The van der Waals surface area contributed by atoms with E-state index in [2.05, 4.69) is 26.9 Å². The van der Waals surface area contributed by atoms with Crippen molar-refractivity contribution in [1.29, 1.82) is 0 Å². The van der Waals surface area contributed by atoms with E-state index >= 15 is 0 Å². The maximum Gasteiger partial charge on any atom is 0.237 e. The van der Waals surface area contributed by atoms with Crippen LogP contribution in [0.2, 0.25) is 0 Å². The predicted octanol–water partition coefficient (Wildman–Crippen LogP) is 4.83. The van der Waals surface area contributed by atoms with Gasteiger partial charge in [0, 0.05) is 12.1 Å². The van der Waals surface area contributed by atoms with E-state index in [1.165, 1.54) is 23.4 Å². The van der Waals surface area contributed by atoms with Crippen molar-refractivity contribution in [2.75, 3.05) is 0 Å². The van der Waals surface area contributed by atoms with E-state index in [9.17, 15) is 4.39 Å². The van der Waals surface area contributed by atoms with Gasteiger partial charge in [0.15, 0.2) is 22.5 Å². The molecule has 0 unspecified atom stereocenters. The number of hydrogen-bond donors (Lipinski definition) is 0. The molecule has 0 amide bonds. The molecular weight excluding hydrogens is 417 g/mol. The molecule has 31 heavy (non-hydrogen) atoms. The summed E-state index contributed by atoms with van der Waals surface area (Å²) in [4.78, 5) is 4.45. The van der Waals surface area contributed by atoms with Gasteiger partial charge in [-0.3, -0.25) is 4.57 Å². The Hall–Kier alpha value is -3.46. The van der Waals surface area contributed by atoms with Gasteiger partial charge in [-0.1, -0.05) is 65.0 Å². The number of hydrogen-bond acceptors (Lipinski definition) is 7. The summed E-state index contributed by atoms with van der Waals surface area (Å²) in [6.07, 6.45) is 1.74. The van der Waals surface area contributed by atoms with Gasteiger partial charge in [0.2, 0.25) is 11.7 Å². The van der Waals surface area contributed by atoms with Crippen molar-refractivity contribution in [3.63, 3.8) is 0 Å². The molecule has 4 rings (SSSR count). The molecule has 0 aliphatic heterocycles. The Labute approximate surface area is 183 Å². The first-order chi connectivity index (χ1) is 15.1. The standard InChI is InChI=1S/C22H20FN5O2S/c1-3-12-28-19(13-29-18-7-5-4-6-17(18)23)25-26-22(28)31-14-20-24-21(27-30-20)16-10-8-15(2)9-11-16/h3-11H,1,12-14H2,2H3. The maximum absolute atomic E-state index is 13.8. The molecule has 2 aromatic heterocycles. The molecule has 4 aromatic rings. The Morgan fingerprint density at radius 1 is 1.16 bits per heavy atom. The van der Waals surface area contributed by atoms with E-state index in [0.29, 0.717) is 35.0 Å². The highest BCUT2D eigenvalue weighted by atomic mass is 32.2. The van der Waals surface area contributed by atoms with Crippen molar-refractivity contribution >= 4 is 11.8 Å². The van der Waals surface area contributed by atoms with Crippen molar-refractivity contribution in [1.82, 2.24) is 24.9 Å². The summed E-state index contributed by atoms with van der Waals surface area (Å²) >= 11 is 1.41. The summed E-state index contributed by atoms with van der Waals surface area (Å²) in [5.41, 5.74) is 2.06. The van der Waals surface area contributed by atoms with E-state index in [4.69, 9.17) is 9.26 Å². The molecule has 0 spiro atoms. The molecular formula is C22H20FN5O2S. The van der Waals surface area contributed by atoms with E-state index in [1.807, 2.05) is 35.8 Å². The number of ether oxygens (including phenoxy) is 1. The number of rotatable bonds is 9. The smallest absolute Gasteiger partial charge is 0.237 e. The molecule has 7 nitrogen and oxygen atoms in total. The van der Waals surface area contributed by atoms with Gasteiger partial charge in [-0.15, -0.1) is 16.8 Å². The zero-order chi connectivity index (χ0) is 21.6. The van der Waals surface area contributed by atoms with Crippen molar-refractivity contribution in [3.05, 3.63) is 84.3 Å². The number of benzene rings is 2. The summed E-state index contributed by atoms with van der Waals surface area (Å²) in [5.74, 6) is 1.77. The first-order valence-corrected chi connectivity index (χ1v) is 10.6. The van der Waals surface area contributed by atoms with Gasteiger partial charge in [0.25, 0.3) is 0 Å². The fraction of sp³-hybridized carbons (Fsp3) is 0.182. The fourth-order valence-corrected chi connectivity index (χ4v) is 3.61. The topological polar surface area (TPSA) is 78.9 Å². The Balaban J connectivity index is 1.43. The van der Waals surface area contributed by atoms with Gasteiger partial charge in [-0.05, 0) is 19.1 Å². The number of nitrogens with zero attached hydrogens (tertiary/aromatic N) is 5. The van der Waals surface area contributed by atoms with Crippen molar-refractivity contribution in [3.8, 4) is 17.1 Å². The van der Waals surface area contributed by atoms with Gasteiger partial charge in [0.1, 0.15) is 6.61 Å². The van der Waals surface area contributed by atoms with Crippen LogP contribution in [0.15, 0.2) is 70.9 Å². The van der Waals surface area contributed by atoms with E-state index in [1.54, 1.807) is 24.3 Å². The van der Waals surface area contributed by atoms with Crippen LogP contribution >= 0.6 is 11.8 Å². The monoisotopic (exact) mass is 437 g/mol. The number of aromatic nitrogens is 5. The third-order valence-corrected chi connectivity index (χ3v) is 5.35. The molecule has 0 atom stereocenters. The number of thioether (sulfide) groups is 1. The van der Waals surface area contributed by atoms with Crippen LogP contribution in [0.1, 0.15) is 17.3 Å². The summed E-state index contributed by atoms with van der Waals surface area (Å²) < 4.78 is 26.6. The summed E-state index contributed by atoms with van der Waals surface area (Å²) in [7, 11) is 0. The van der Waals surface area contributed by atoms with E-state index in [0.717, 1.165) is 5.56 Å². The van der Waals surface area contributed by atoms with Gasteiger partial charge in [-0.25, -0.2) is 4.39 Å². The minimum absolute atomic E-state index is 0.0838. The molecule has 0 fully saturated rings. The number of para-hydroxylation sites is 1. The minimum atomic E-state index is -0.423. The molecule has 2 heterocycles. The third kappa shape index (κ3) is 5.00. The SMILES string of the molecule is C=CCn1c(COc2ccccc2F)nnc1SCc1nc(-c2ccc(C)cc2)no1. The molecule has 158 valence electrons. The Kier molecular flexibility index (Phi) is 6.42. The molecule has 0 saturated heterocycles. The highest BCUT2D eigenvalue weighted by Gasteiger charge is 2.15. The van der Waals surface area contributed by atoms with Crippen LogP contribution in [0.25, 0.3) is 11.4 Å². The quantitative estimate of drug-likeness (QED) is 0.274. The second kappa shape index (κ2) is 9.57. The van der Waals surface area contributed by atoms with Crippen molar-refractivity contribution in [2.45, 2.75) is 31.0 Å². The number of aryl methyl sites for hydroxylation is 1.